The minimum atomic E-state index is -0.104. The maximum atomic E-state index is 2.50. The Morgan fingerprint density at radius 1 is 0.477 bits per heavy atom. The number of rotatable bonds is 2. The molecule has 9 rings (SSSR count). The second kappa shape index (κ2) is 8.81. The molecule has 2 aliphatic rings. The molecule has 0 atom stereocenters. The Hall–Kier alpha value is -3.98. The zero-order chi connectivity index (χ0) is 30.1. The lowest BCUT2D eigenvalue weighted by Gasteiger charge is -2.32. The Kier molecular flexibility index (Phi) is 5.29. The minimum absolute atomic E-state index is 0.104. The summed E-state index contributed by atoms with van der Waals surface area (Å²) in [4.78, 5) is 2.70. The fourth-order valence-corrected chi connectivity index (χ4v) is 10.4. The highest BCUT2D eigenvalue weighted by atomic mass is 32.1. The van der Waals surface area contributed by atoms with Gasteiger partial charge in [-0.25, -0.2) is 0 Å². The van der Waals surface area contributed by atoms with E-state index in [0.717, 1.165) is 0 Å². The summed E-state index contributed by atoms with van der Waals surface area (Å²) in [6.07, 6.45) is 0. The van der Waals surface area contributed by atoms with Crippen LogP contribution in [0.4, 0.5) is 0 Å². The van der Waals surface area contributed by atoms with Gasteiger partial charge in [0, 0.05) is 30.0 Å². The van der Waals surface area contributed by atoms with Gasteiger partial charge in [0.15, 0.2) is 0 Å². The fourth-order valence-electron chi connectivity index (χ4n) is 8.31. The average molecular weight is 603 g/mol. The molecule has 0 bridgehead atoms. The van der Waals surface area contributed by atoms with Crippen LogP contribution in [0.25, 0.3) is 63.3 Å². The summed E-state index contributed by atoms with van der Waals surface area (Å²) in [5, 5.41) is 2.66. The van der Waals surface area contributed by atoms with Crippen molar-refractivity contribution < 1.29 is 0 Å². The third-order valence-electron chi connectivity index (χ3n) is 10.7. The molecule has 44 heavy (non-hydrogen) atoms. The van der Waals surface area contributed by atoms with Crippen LogP contribution < -0.4 is 0 Å². The van der Waals surface area contributed by atoms with Crippen LogP contribution in [0, 0.1) is 13.8 Å². The van der Waals surface area contributed by atoms with E-state index in [4.69, 9.17) is 0 Å². The molecule has 5 aromatic carbocycles. The number of fused-ring (bicyclic) bond motifs is 9. The highest BCUT2D eigenvalue weighted by Gasteiger charge is 2.47. The van der Waals surface area contributed by atoms with Crippen molar-refractivity contribution in [1.29, 1.82) is 0 Å². The quantitative estimate of drug-likeness (QED) is 0.185. The topological polar surface area (TPSA) is 0 Å². The first-order chi connectivity index (χ1) is 21.1. The molecule has 2 heterocycles. The summed E-state index contributed by atoms with van der Waals surface area (Å²) in [6, 6.07) is 36.7. The number of hydrogen-bond donors (Lipinski definition) is 0. The van der Waals surface area contributed by atoms with E-state index in [1.54, 1.807) is 0 Å². The van der Waals surface area contributed by atoms with Crippen LogP contribution >= 0.6 is 22.7 Å². The summed E-state index contributed by atoms with van der Waals surface area (Å²) in [7, 11) is 0. The van der Waals surface area contributed by atoms with E-state index in [1.165, 1.54) is 96.7 Å². The van der Waals surface area contributed by atoms with E-state index in [1.807, 2.05) is 22.7 Å². The Bertz CT molecular complexity index is 2120. The molecule has 0 unspecified atom stereocenters. The SMILES string of the molecule is Cc1c(C)c2c(c3c1-c1ccc(-c4cc5ccccc5s4)cc1C3(C)C)C(C)(C)c1cc(-c3cc4ccccc4s3)ccc1-2. The van der Waals surface area contributed by atoms with Gasteiger partial charge in [-0.05, 0) is 128 Å². The van der Waals surface area contributed by atoms with Crippen molar-refractivity contribution >= 4 is 42.8 Å². The lowest BCUT2D eigenvalue weighted by Crippen LogP contribution is -2.24. The Balaban J connectivity index is 1.23. The van der Waals surface area contributed by atoms with Crippen LogP contribution in [0.15, 0.2) is 97.1 Å². The van der Waals surface area contributed by atoms with E-state index >= 15 is 0 Å². The van der Waals surface area contributed by atoms with Gasteiger partial charge in [0.1, 0.15) is 0 Å². The molecule has 0 nitrogen and oxygen atoms in total. The van der Waals surface area contributed by atoms with Gasteiger partial charge in [-0.3, -0.25) is 0 Å². The molecule has 0 fully saturated rings. The summed E-state index contributed by atoms with van der Waals surface area (Å²) < 4.78 is 2.70. The first-order valence-electron chi connectivity index (χ1n) is 15.6. The molecule has 0 saturated heterocycles. The normalized spacial score (nSPS) is 15.4. The van der Waals surface area contributed by atoms with Crippen LogP contribution in [-0.2, 0) is 10.8 Å². The van der Waals surface area contributed by atoms with Crippen molar-refractivity contribution in [2.75, 3.05) is 0 Å². The Morgan fingerprint density at radius 3 is 1.30 bits per heavy atom. The molecular formula is C42H34S2. The minimum Gasteiger partial charge on any atom is -0.135 e. The maximum Gasteiger partial charge on any atom is 0.0355 e. The molecule has 0 radical (unpaired) electrons. The Morgan fingerprint density at radius 2 is 0.886 bits per heavy atom. The molecular weight excluding hydrogens is 569 g/mol. The lowest BCUT2D eigenvalue weighted by molar-refractivity contribution is 0.601. The molecule has 2 heteroatoms. The average Bonchev–Trinajstić information content (AvgIpc) is 3.75. The molecule has 0 saturated carbocycles. The van der Waals surface area contributed by atoms with Crippen molar-refractivity contribution in [1.82, 2.24) is 0 Å². The van der Waals surface area contributed by atoms with Crippen LogP contribution in [-0.4, -0.2) is 0 Å². The van der Waals surface area contributed by atoms with Gasteiger partial charge < -0.3 is 0 Å². The summed E-state index contributed by atoms with van der Waals surface area (Å²) >= 11 is 3.80. The predicted octanol–water partition coefficient (Wildman–Crippen LogP) is 12.7. The van der Waals surface area contributed by atoms with E-state index in [9.17, 15) is 0 Å². The lowest BCUT2D eigenvalue weighted by atomic mass is 9.71. The fraction of sp³-hybridized carbons (Fsp3) is 0.190. The first-order valence-corrected chi connectivity index (χ1v) is 17.2. The standard InChI is InChI=1S/C42H34S2/c1-23-24(2)38-30-18-16-28(36-22-26-12-8-10-14-34(26)44-36)20-32(30)42(5,6)40(38)39-37(23)29-17-15-27(19-31(29)41(39,3)4)35-21-25-11-7-9-13-33(25)43-35/h7-22H,1-6H3. The van der Waals surface area contributed by atoms with Crippen molar-refractivity contribution in [2.45, 2.75) is 52.4 Å². The van der Waals surface area contributed by atoms with Crippen molar-refractivity contribution in [3.63, 3.8) is 0 Å². The van der Waals surface area contributed by atoms with Gasteiger partial charge in [-0.15, -0.1) is 22.7 Å². The molecule has 2 aromatic heterocycles. The van der Waals surface area contributed by atoms with E-state index in [2.05, 4.69) is 139 Å². The monoisotopic (exact) mass is 602 g/mol. The van der Waals surface area contributed by atoms with Crippen molar-refractivity contribution in [2.24, 2.45) is 0 Å². The maximum absolute atomic E-state index is 2.50. The molecule has 2 aliphatic carbocycles. The van der Waals surface area contributed by atoms with Gasteiger partial charge in [0.2, 0.25) is 0 Å². The van der Waals surface area contributed by atoms with E-state index in [0.29, 0.717) is 0 Å². The third-order valence-corrected chi connectivity index (χ3v) is 13.0. The van der Waals surface area contributed by atoms with Crippen LogP contribution in [0.2, 0.25) is 0 Å². The van der Waals surface area contributed by atoms with Gasteiger partial charge in [-0.1, -0.05) is 88.4 Å². The molecule has 0 N–H and O–H groups in total. The zero-order valence-electron chi connectivity index (χ0n) is 26.1. The van der Waals surface area contributed by atoms with Crippen LogP contribution in [0.5, 0.6) is 0 Å². The van der Waals surface area contributed by atoms with E-state index in [-0.39, 0.29) is 10.8 Å². The molecule has 0 amide bonds. The molecule has 0 spiro atoms. The highest BCUT2D eigenvalue weighted by molar-refractivity contribution is 7.22. The molecule has 0 aliphatic heterocycles. The van der Waals surface area contributed by atoms with Crippen molar-refractivity contribution in [3.8, 4) is 43.1 Å². The third kappa shape index (κ3) is 3.39. The van der Waals surface area contributed by atoms with Crippen LogP contribution in [0.1, 0.15) is 61.1 Å². The summed E-state index contributed by atoms with van der Waals surface area (Å²) in [6.45, 7) is 14.6. The molecule has 7 aromatic rings. The second-order valence-corrected chi connectivity index (χ2v) is 16.0. The smallest absolute Gasteiger partial charge is 0.0355 e. The predicted molar refractivity (Wildman–Crippen MR) is 193 cm³/mol. The summed E-state index contributed by atoms with van der Waals surface area (Å²) in [5.74, 6) is 0. The number of benzene rings is 5. The van der Waals surface area contributed by atoms with Gasteiger partial charge in [-0.2, -0.15) is 0 Å². The van der Waals surface area contributed by atoms with E-state index < -0.39 is 0 Å². The number of hydrogen-bond acceptors (Lipinski definition) is 2. The van der Waals surface area contributed by atoms with Gasteiger partial charge in [0.25, 0.3) is 0 Å². The Labute approximate surface area is 267 Å². The highest BCUT2D eigenvalue weighted by Crippen LogP contribution is 2.61. The first kappa shape index (κ1) is 26.4. The largest absolute Gasteiger partial charge is 0.135 e. The molecule has 214 valence electrons. The van der Waals surface area contributed by atoms with Gasteiger partial charge >= 0.3 is 0 Å². The number of thiophene rings is 2. The summed E-state index contributed by atoms with van der Waals surface area (Å²) in [5.41, 5.74) is 17.0. The zero-order valence-corrected chi connectivity index (χ0v) is 27.7. The van der Waals surface area contributed by atoms with Crippen LogP contribution in [0.3, 0.4) is 0 Å². The second-order valence-electron chi connectivity index (χ2n) is 13.8. The van der Waals surface area contributed by atoms with Crippen molar-refractivity contribution in [3.05, 3.63) is 130 Å². The van der Waals surface area contributed by atoms with Gasteiger partial charge in [0.05, 0.1) is 0 Å².